The van der Waals surface area contributed by atoms with E-state index in [2.05, 4.69) is 4.90 Å². The second-order valence-corrected chi connectivity index (χ2v) is 6.19. The van der Waals surface area contributed by atoms with Crippen LogP contribution in [0.3, 0.4) is 0 Å². The molecule has 5 heteroatoms. The van der Waals surface area contributed by atoms with E-state index in [0.29, 0.717) is 12.8 Å². The Balaban J connectivity index is 1.47. The van der Waals surface area contributed by atoms with E-state index in [-0.39, 0.29) is 11.7 Å². The molecule has 3 rings (SSSR count). The first-order valence-corrected chi connectivity index (χ1v) is 8.57. The van der Waals surface area contributed by atoms with Crippen molar-refractivity contribution in [2.75, 3.05) is 38.2 Å². The molecule has 0 saturated carbocycles. The number of carbonyl (C=O) groups is 1. The van der Waals surface area contributed by atoms with E-state index in [1.807, 2.05) is 29.2 Å². The number of amides is 1. The fraction of sp³-hybridized carbons (Fsp3) is 0.350. The van der Waals surface area contributed by atoms with Crippen molar-refractivity contribution in [3.05, 3.63) is 59.9 Å². The molecule has 0 aliphatic carbocycles. The number of rotatable bonds is 5. The molecule has 0 N–H and O–H groups in total. The van der Waals surface area contributed by atoms with Gasteiger partial charge >= 0.3 is 0 Å². The van der Waals surface area contributed by atoms with E-state index >= 15 is 0 Å². The first-order chi connectivity index (χ1) is 12.2. The Kier molecular flexibility index (Phi) is 5.53. The van der Waals surface area contributed by atoms with Crippen LogP contribution in [0.1, 0.15) is 12.0 Å². The number of aryl methyl sites for hydroxylation is 1. The van der Waals surface area contributed by atoms with Crippen molar-refractivity contribution in [2.24, 2.45) is 0 Å². The van der Waals surface area contributed by atoms with Gasteiger partial charge in [0.2, 0.25) is 5.91 Å². The third kappa shape index (κ3) is 4.50. The zero-order valence-electron chi connectivity index (χ0n) is 14.5. The number of ether oxygens (including phenoxy) is 1. The highest BCUT2D eigenvalue weighted by atomic mass is 19.1. The lowest BCUT2D eigenvalue weighted by atomic mass is 10.1. The Morgan fingerprint density at radius 3 is 2.24 bits per heavy atom. The van der Waals surface area contributed by atoms with Gasteiger partial charge in [-0.2, -0.15) is 0 Å². The molecule has 132 valence electrons. The van der Waals surface area contributed by atoms with E-state index in [4.69, 9.17) is 4.74 Å². The van der Waals surface area contributed by atoms with Gasteiger partial charge in [0, 0.05) is 38.3 Å². The molecule has 0 radical (unpaired) electrons. The molecular weight excluding hydrogens is 319 g/mol. The van der Waals surface area contributed by atoms with Gasteiger partial charge in [-0.1, -0.05) is 12.1 Å². The Morgan fingerprint density at radius 1 is 1.00 bits per heavy atom. The van der Waals surface area contributed by atoms with E-state index in [0.717, 1.165) is 43.2 Å². The largest absolute Gasteiger partial charge is 0.497 e. The van der Waals surface area contributed by atoms with Crippen LogP contribution in [0.5, 0.6) is 5.75 Å². The maximum Gasteiger partial charge on any atom is 0.223 e. The summed E-state index contributed by atoms with van der Waals surface area (Å²) in [7, 11) is 1.66. The van der Waals surface area contributed by atoms with Crippen molar-refractivity contribution >= 4 is 11.6 Å². The molecular formula is C20H23FN2O2. The molecule has 0 spiro atoms. The monoisotopic (exact) mass is 342 g/mol. The lowest BCUT2D eigenvalue weighted by Gasteiger charge is -2.36. The third-order valence-corrected chi connectivity index (χ3v) is 4.61. The van der Waals surface area contributed by atoms with Gasteiger partial charge in [-0.15, -0.1) is 0 Å². The van der Waals surface area contributed by atoms with Crippen LogP contribution >= 0.6 is 0 Å². The summed E-state index contributed by atoms with van der Waals surface area (Å²) in [5.41, 5.74) is 2.14. The number of carbonyl (C=O) groups excluding carboxylic acids is 1. The summed E-state index contributed by atoms with van der Waals surface area (Å²) in [6.45, 7) is 3.12. The number of hydrogen-bond acceptors (Lipinski definition) is 3. The van der Waals surface area contributed by atoms with Crippen molar-refractivity contribution in [1.82, 2.24) is 4.90 Å². The number of methoxy groups -OCH3 is 1. The molecule has 0 unspecified atom stereocenters. The summed E-state index contributed by atoms with van der Waals surface area (Å²) in [5, 5.41) is 0. The predicted octanol–water partition coefficient (Wildman–Crippen LogP) is 3.12. The normalized spacial score (nSPS) is 14.5. The van der Waals surface area contributed by atoms with Crippen molar-refractivity contribution in [3.8, 4) is 5.75 Å². The number of nitrogens with zero attached hydrogens (tertiary/aromatic N) is 2. The van der Waals surface area contributed by atoms with Crippen LogP contribution in [0.25, 0.3) is 0 Å². The number of piperazine rings is 1. The average Bonchev–Trinajstić information content (AvgIpc) is 2.67. The summed E-state index contributed by atoms with van der Waals surface area (Å²) in [6, 6.07) is 14.4. The van der Waals surface area contributed by atoms with Gasteiger partial charge in [0.1, 0.15) is 11.6 Å². The average molecular weight is 342 g/mol. The van der Waals surface area contributed by atoms with Gasteiger partial charge in [-0.25, -0.2) is 4.39 Å². The van der Waals surface area contributed by atoms with Crippen molar-refractivity contribution in [1.29, 1.82) is 0 Å². The van der Waals surface area contributed by atoms with Gasteiger partial charge in [0.15, 0.2) is 0 Å². The Morgan fingerprint density at radius 2 is 1.64 bits per heavy atom. The van der Waals surface area contributed by atoms with E-state index in [9.17, 15) is 9.18 Å². The second kappa shape index (κ2) is 8.01. The van der Waals surface area contributed by atoms with E-state index in [1.54, 1.807) is 19.2 Å². The van der Waals surface area contributed by atoms with Crippen LogP contribution in [-0.2, 0) is 11.2 Å². The molecule has 1 amide bonds. The number of benzene rings is 2. The minimum Gasteiger partial charge on any atom is -0.497 e. The van der Waals surface area contributed by atoms with Gasteiger partial charge in [-0.05, 0) is 48.4 Å². The Labute approximate surface area is 147 Å². The molecule has 2 aromatic carbocycles. The van der Waals surface area contributed by atoms with Crippen LogP contribution in [0.2, 0.25) is 0 Å². The molecule has 1 heterocycles. The van der Waals surface area contributed by atoms with Gasteiger partial charge in [-0.3, -0.25) is 4.79 Å². The summed E-state index contributed by atoms with van der Waals surface area (Å²) >= 11 is 0. The fourth-order valence-electron chi connectivity index (χ4n) is 3.07. The molecule has 2 aromatic rings. The lowest BCUT2D eigenvalue weighted by molar-refractivity contribution is -0.131. The quantitative estimate of drug-likeness (QED) is 0.837. The molecule has 1 aliphatic rings. The lowest BCUT2D eigenvalue weighted by Crippen LogP contribution is -2.48. The topological polar surface area (TPSA) is 32.8 Å². The third-order valence-electron chi connectivity index (χ3n) is 4.61. The predicted molar refractivity (Wildman–Crippen MR) is 96.5 cm³/mol. The first kappa shape index (κ1) is 17.3. The zero-order valence-corrected chi connectivity index (χ0v) is 14.5. The van der Waals surface area contributed by atoms with Crippen molar-refractivity contribution in [3.63, 3.8) is 0 Å². The molecule has 25 heavy (non-hydrogen) atoms. The van der Waals surface area contributed by atoms with Gasteiger partial charge in [0.05, 0.1) is 7.11 Å². The smallest absolute Gasteiger partial charge is 0.223 e. The summed E-state index contributed by atoms with van der Waals surface area (Å²) in [4.78, 5) is 16.6. The van der Waals surface area contributed by atoms with Crippen LogP contribution in [0.15, 0.2) is 48.5 Å². The van der Waals surface area contributed by atoms with Crippen LogP contribution in [0.4, 0.5) is 10.1 Å². The van der Waals surface area contributed by atoms with Crippen molar-refractivity contribution in [2.45, 2.75) is 12.8 Å². The second-order valence-electron chi connectivity index (χ2n) is 6.19. The highest BCUT2D eigenvalue weighted by Crippen LogP contribution is 2.20. The highest BCUT2D eigenvalue weighted by Gasteiger charge is 2.21. The standard InChI is InChI=1S/C20H23FN2O2/c1-25-19-9-7-18(8-10-19)22-12-14-23(15-13-22)20(24)11-4-16-2-5-17(21)6-3-16/h2-3,5-10H,4,11-15H2,1H3. The van der Waals surface area contributed by atoms with E-state index < -0.39 is 0 Å². The maximum absolute atomic E-state index is 12.9. The molecule has 4 nitrogen and oxygen atoms in total. The minimum atomic E-state index is -0.246. The highest BCUT2D eigenvalue weighted by molar-refractivity contribution is 5.76. The number of anilines is 1. The zero-order chi connectivity index (χ0) is 17.6. The molecule has 0 bridgehead atoms. The Hall–Kier alpha value is -2.56. The van der Waals surface area contributed by atoms with Crippen LogP contribution < -0.4 is 9.64 Å². The van der Waals surface area contributed by atoms with Gasteiger partial charge in [0.25, 0.3) is 0 Å². The molecule has 1 fully saturated rings. The number of halogens is 1. The Bertz CT molecular complexity index is 693. The molecule has 1 aliphatic heterocycles. The fourth-order valence-corrected chi connectivity index (χ4v) is 3.07. The molecule has 1 saturated heterocycles. The first-order valence-electron chi connectivity index (χ1n) is 8.57. The molecule has 0 atom stereocenters. The summed E-state index contributed by atoms with van der Waals surface area (Å²) in [6.07, 6.45) is 1.12. The summed E-state index contributed by atoms with van der Waals surface area (Å²) in [5.74, 6) is 0.766. The number of hydrogen-bond donors (Lipinski definition) is 0. The molecule has 0 aromatic heterocycles. The summed E-state index contributed by atoms with van der Waals surface area (Å²) < 4.78 is 18.1. The van der Waals surface area contributed by atoms with Crippen LogP contribution in [-0.4, -0.2) is 44.1 Å². The SMILES string of the molecule is COc1ccc(N2CCN(C(=O)CCc3ccc(F)cc3)CC2)cc1. The maximum atomic E-state index is 12.9. The van der Waals surface area contributed by atoms with Crippen molar-refractivity contribution < 1.29 is 13.9 Å². The van der Waals surface area contributed by atoms with Crippen LogP contribution in [0, 0.1) is 5.82 Å². The minimum absolute atomic E-state index is 0.165. The van der Waals surface area contributed by atoms with E-state index in [1.165, 1.54) is 12.1 Å². The van der Waals surface area contributed by atoms with Gasteiger partial charge < -0.3 is 14.5 Å².